The first-order chi connectivity index (χ1) is 8.58. The summed E-state index contributed by atoms with van der Waals surface area (Å²) >= 11 is 1.43. The van der Waals surface area contributed by atoms with Gasteiger partial charge in [0.1, 0.15) is 0 Å². The number of benzene rings is 1. The molecule has 1 aromatic carbocycles. The summed E-state index contributed by atoms with van der Waals surface area (Å²) in [6.07, 6.45) is 0. The van der Waals surface area contributed by atoms with Crippen molar-refractivity contribution in [3.63, 3.8) is 0 Å². The molecule has 0 saturated carbocycles. The van der Waals surface area contributed by atoms with Crippen LogP contribution >= 0.6 is 11.8 Å². The van der Waals surface area contributed by atoms with Crippen molar-refractivity contribution in [1.82, 2.24) is 10.2 Å². The SMILES string of the molecule is Cc1cc(N)ccc1SCC(=O)N1CCNC1=O. The smallest absolute Gasteiger partial charge is 0.324 e. The molecule has 3 N–H and O–H groups in total. The van der Waals surface area contributed by atoms with E-state index in [1.54, 1.807) is 0 Å². The van der Waals surface area contributed by atoms with Gasteiger partial charge in [-0.25, -0.2) is 4.79 Å². The number of imide groups is 1. The molecule has 18 heavy (non-hydrogen) atoms. The Morgan fingerprint density at radius 2 is 2.33 bits per heavy atom. The molecule has 1 aliphatic rings. The molecule has 0 unspecified atom stereocenters. The molecule has 1 aromatic rings. The zero-order chi connectivity index (χ0) is 13.1. The summed E-state index contributed by atoms with van der Waals surface area (Å²) in [5.74, 6) is 0.101. The quantitative estimate of drug-likeness (QED) is 0.636. The Bertz CT molecular complexity index is 490. The van der Waals surface area contributed by atoms with Crippen molar-refractivity contribution in [2.24, 2.45) is 0 Å². The minimum Gasteiger partial charge on any atom is -0.399 e. The zero-order valence-electron chi connectivity index (χ0n) is 10.1. The van der Waals surface area contributed by atoms with Gasteiger partial charge in [-0.3, -0.25) is 9.69 Å². The van der Waals surface area contributed by atoms with Crippen LogP contribution in [0.5, 0.6) is 0 Å². The maximum atomic E-state index is 11.8. The molecule has 0 bridgehead atoms. The normalized spacial score (nSPS) is 14.7. The van der Waals surface area contributed by atoms with Crippen molar-refractivity contribution in [2.45, 2.75) is 11.8 Å². The monoisotopic (exact) mass is 265 g/mol. The summed E-state index contributed by atoms with van der Waals surface area (Å²) in [7, 11) is 0. The number of urea groups is 1. The van der Waals surface area contributed by atoms with Gasteiger partial charge in [0, 0.05) is 23.7 Å². The van der Waals surface area contributed by atoms with Crippen LogP contribution < -0.4 is 11.1 Å². The van der Waals surface area contributed by atoms with Gasteiger partial charge >= 0.3 is 6.03 Å². The van der Waals surface area contributed by atoms with Crippen LogP contribution in [0.2, 0.25) is 0 Å². The van der Waals surface area contributed by atoms with E-state index < -0.39 is 0 Å². The fourth-order valence-electron chi connectivity index (χ4n) is 1.76. The maximum absolute atomic E-state index is 11.8. The molecular weight excluding hydrogens is 250 g/mol. The third-order valence-corrected chi connectivity index (χ3v) is 3.87. The predicted octanol–water partition coefficient (Wildman–Crippen LogP) is 1.22. The molecule has 0 spiro atoms. The maximum Gasteiger partial charge on any atom is 0.324 e. The second kappa shape index (κ2) is 5.30. The van der Waals surface area contributed by atoms with Crippen molar-refractivity contribution in [2.75, 3.05) is 24.6 Å². The van der Waals surface area contributed by atoms with Gasteiger partial charge in [0.05, 0.1) is 5.75 Å². The first-order valence-corrected chi connectivity index (χ1v) is 6.63. The Labute approximate surface area is 110 Å². The van der Waals surface area contributed by atoms with Crippen LogP contribution in [-0.2, 0) is 4.79 Å². The lowest BCUT2D eigenvalue weighted by Gasteiger charge is -2.12. The van der Waals surface area contributed by atoms with E-state index in [1.807, 2.05) is 25.1 Å². The lowest BCUT2D eigenvalue weighted by atomic mass is 10.2. The molecule has 0 radical (unpaired) electrons. The molecule has 0 aliphatic carbocycles. The van der Waals surface area contributed by atoms with Gasteiger partial charge in [-0.15, -0.1) is 11.8 Å². The van der Waals surface area contributed by atoms with E-state index >= 15 is 0 Å². The van der Waals surface area contributed by atoms with E-state index in [1.165, 1.54) is 16.7 Å². The second-order valence-electron chi connectivity index (χ2n) is 4.09. The summed E-state index contributed by atoms with van der Waals surface area (Å²) in [6, 6.07) is 5.28. The van der Waals surface area contributed by atoms with E-state index in [0.717, 1.165) is 10.5 Å². The molecule has 1 heterocycles. The number of anilines is 1. The van der Waals surface area contributed by atoms with E-state index in [2.05, 4.69) is 5.32 Å². The van der Waals surface area contributed by atoms with Gasteiger partial charge in [-0.1, -0.05) is 0 Å². The number of aryl methyl sites for hydroxylation is 1. The van der Waals surface area contributed by atoms with Crippen LogP contribution in [0.4, 0.5) is 10.5 Å². The van der Waals surface area contributed by atoms with Crippen LogP contribution in [0.25, 0.3) is 0 Å². The van der Waals surface area contributed by atoms with Crippen LogP contribution in [0, 0.1) is 6.92 Å². The number of nitrogens with zero attached hydrogens (tertiary/aromatic N) is 1. The Morgan fingerprint density at radius 3 is 2.94 bits per heavy atom. The summed E-state index contributed by atoms with van der Waals surface area (Å²) in [4.78, 5) is 25.4. The Morgan fingerprint density at radius 1 is 1.56 bits per heavy atom. The van der Waals surface area contributed by atoms with Crippen LogP contribution in [-0.4, -0.2) is 35.7 Å². The van der Waals surface area contributed by atoms with Crippen LogP contribution in [0.1, 0.15) is 5.56 Å². The average Bonchev–Trinajstić information content (AvgIpc) is 2.74. The molecule has 96 valence electrons. The van der Waals surface area contributed by atoms with Crippen molar-refractivity contribution >= 4 is 29.4 Å². The van der Waals surface area contributed by atoms with Crippen molar-refractivity contribution in [3.8, 4) is 0 Å². The first-order valence-electron chi connectivity index (χ1n) is 5.65. The third-order valence-electron chi connectivity index (χ3n) is 2.71. The molecule has 0 aromatic heterocycles. The van der Waals surface area contributed by atoms with E-state index in [0.29, 0.717) is 18.8 Å². The van der Waals surface area contributed by atoms with Crippen molar-refractivity contribution in [3.05, 3.63) is 23.8 Å². The fourth-order valence-corrected chi connectivity index (χ4v) is 2.65. The number of nitrogens with one attached hydrogen (secondary N) is 1. The number of nitrogen functional groups attached to an aromatic ring is 1. The highest BCUT2D eigenvalue weighted by atomic mass is 32.2. The van der Waals surface area contributed by atoms with Crippen LogP contribution in [0.3, 0.4) is 0 Å². The summed E-state index contributed by atoms with van der Waals surface area (Å²) < 4.78 is 0. The number of rotatable bonds is 3. The van der Waals surface area contributed by atoms with Crippen molar-refractivity contribution < 1.29 is 9.59 Å². The number of hydrogen-bond donors (Lipinski definition) is 2. The zero-order valence-corrected chi connectivity index (χ0v) is 10.9. The summed E-state index contributed by atoms with van der Waals surface area (Å²) in [5.41, 5.74) is 7.41. The summed E-state index contributed by atoms with van der Waals surface area (Å²) in [6.45, 7) is 2.95. The molecule has 1 aliphatic heterocycles. The Kier molecular flexibility index (Phi) is 3.76. The predicted molar refractivity (Wildman–Crippen MR) is 71.4 cm³/mol. The number of nitrogens with two attached hydrogens (primary N) is 1. The Hall–Kier alpha value is -1.69. The molecular formula is C12H15N3O2S. The van der Waals surface area contributed by atoms with Gasteiger partial charge < -0.3 is 11.1 Å². The number of carbonyl (C=O) groups excluding carboxylic acids is 2. The molecule has 1 saturated heterocycles. The highest BCUT2D eigenvalue weighted by Gasteiger charge is 2.25. The van der Waals surface area contributed by atoms with E-state index in [4.69, 9.17) is 5.73 Å². The highest BCUT2D eigenvalue weighted by Crippen LogP contribution is 2.24. The highest BCUT2D eigenvalue weighted by molar-refractivity contribution is 8.00. The summed E-state index contributed by atoms with van der Waals surface area (Å²) in [5, 5.41) is 2.61. The second-order valence-corrected chi connectivity index (χ2v) is 5.11. The van der Waals surface area contributed by atoms with Gasteiger partial charge in [-0.2, -0.15) is 0 Å². The molecule has 2 rings (SSSR count). The molecule has 1 fully saturated rings. The lowest BCUT2D eigenvalue weighted by molar-refractivity contribution is -0.124. The number of amides is 3. The molecule has 5 nitrogen and oxygen atoms in total. The number of thioether (sulfide) groups is 1. The minimum absolute atomic E-state index is 0.161. The topological polar surface area (TPSA) is 75.4 Å². The Balaban J connectivity index is 1.95. The van der Waals surface area contributed by atoms with Gasteiger partial charge in [0.15, 0.2) is 0 Å². The fraction of sp³-hybridized carbons (Fsp3) is 0.333. The lowest BCUT2D eigenvalue weighted by Crippen LogP contribution is -2.35. The number of carbonyl (C=O) groups is 2. The van der Waals surface area contributed by atoms with E-state index in [-0.39, 0.29) is 17.7 Å². The average molecular weight is 265 g/mol. The van der Waals surface area contributed by atoms with E-state index in [9.17, 15) is 9.59 Å². The van der Waals surface area contributed by atoms with Gasteiger partial charge in [-0.05, 0) is 30.7 Å². The molecule has 0 atom stereocenters. The standard InChI is InChI=1S/C12H15N3O2S/c1-8-6-9(13)2-3-10(8)18-7-11(16)15-5-4-14-12(15)17/h2-3,6H,4-5,7,13H2,1H3,(H,14,17). The third kappa shape index (κ3) is 2.76. The number of hydrogen-bond acceptors (Lipinski definition) is 4. The molecule has 6 heteroatoms. The van der Waals surface area contributed by atoms with Crippen molar-refractivity contribution in [1.29, 1.82) is 0 Å². The first kappa shape index (κ1) is 12.8. The minimum atomic E-state index is -0.297. The molecule has 3 amide bonds. The van der Waals surface area contributed by atoms with Gasteiger partial charge in [0.25, 0.3) is 0 Å². The van der Waals surface area contributed by atoms with Gasteiger partial charge in [0.2, 0.25) is 5.91 Å². The van der Waals surface area contributed by atoms with Crippen LogP contribution in [0.15, 0.2) is 23.1 Å². The largest absolute Gasteiger partial charge is 0.399 e.